The summed E-state index contributed by atoms with van der Waals surface area (Å²) >= 11 is 1.48. The molecule has 156 valence electrons. The van der Waals surface area contributed by atoms with Crippen LogP contribution >= 0.6 is 11.9 Å². The Morgan fingerprint density at radius 1 is 1.10 bits per heavy atom. The first-order chi connectivity index (χ1) is 14.2. The molecule has 0 bridgehead atoms. The van der Waals surface area contributed by atoms with E-state index < -0.39 is 17.2 Å². The van der Waals surface area contributed by atoms with E-state index >= 15 is 0 Å². The Labute approximate surface area is 178 Å². The summed E-state index contributed by atoms with van der Waals surface area (Å²) in [5.41, 5.74) is 2.48. The smallest absolute Gasteiger partial charge is 0.378 e. The molecule has 1 atom stereocenters. The van der Waals surface area contributed by atoms with Crippen LogP contribution in [-0.4, -0.2) is 4.98 Å². The van der Waals surface area contributed by atoms with E-state index in [-0.39, 0.29) is 6.04 Å². The Kier molecular flexibility index (Phi) is 5.40. The summed E-state index contributed by atoms with van der Waals surface area (Å²) < 4.78 is 43.0. The highest BCUT2D eigenvalue weighted by Gasteiger charge is 2.37. The number of hydrogen-bond acceptors (Lipinski definition) is 4. The Morgan fingerprint density at radius 3 is 2.63 bits per heavy atom. The lowest BCUT2D eigenvalue weighted by atomic mass is 9.73. The monoisotopic (exact) mass is 429 g/mol. The zero-order valence-corrected chi connectivity index (χ0v) is 17.4. The van der Waals surface area contributed by atoms with Crippen molar-refractivity contribution in [3.63, 3.8) is 0 Å². The maximum absolute atomic E-state index is 13.2. The summed E-state index contributed by atoms with van der Waals surface area (Å²) in [6, 6.07) is 15.8. The van der Waals surface area contributed by atoms with E-state index in [0.717, 1.165) is 27.9 Å². The predicted octanol–water partition coefficient (Wildman–Crippen LogP) is 7.05. The quantitative estimate of drug-likeness (QED) is 0.436. The van der Waals surface area contributed by atoms with E-state index in [9.17, 15) is 13.2 Å². The fraction of sp³-hybridized carbons (Fsp3) is 0.261. The average molecular weight is 430 g/mol. The number of fused-ring (bicyclic) bond motifs is 1. The summed E-state index contributed by atoms with van der Waals surface area (Å²) in [6.07, 6.45) is -0.149. The molecule has 0 amide bonds. The Balaban J connectivity index is 1.62. The number of benzene rings is 2. The SMILES string of the molecule is CC1(C)CC(c2ccccc2NSc2cccnc2)Nc2ccc(C(F)(F)F)cc21. The third-order valence-electron chi connectivity index (χ3n) is 5.37. The highest BCUT2D eigenvalue weighted by molar-refractivity contribution is 8.00. The van der Waals surface area contributed by atoms with Crippen molar-refractivity contribution in [2.75, 3.05) is 10.0 Å². The molecule has 2 aromatic carbocycles. The van der Waals surface area contributed by atoms with E-state index in [1.54, 1.807) is 18.5 Å². The van der Waals surface area contributed by atoms with Crippen LogP contribution in [0.2, 0.25) is 0 Å². The molecule has 3 aromatic rings. The molecular formula is C23H22F3N3S. The molecule has 1 aliphatic rings. The van der Waals surface area contributed by atoms with Gasteiger partial charge in [0.2, 0.25) is 0 Å². The molecule has 0 radical (unpaired) electrons. The summed E-state index contributed by atoms with van der Waals surface area (Å²) in [5.74, 6) is 0. The van der Waals surface area contributed by atoms with Gasteiger partial charge < -0.3 is 10.0 Å². The summed E-state index contributed by atoms with van der Waals surface area (Å²) in [5, 5.41) is 3.46. The summed E-state index contributed by atoms with van der Waals surface area (Å²) in [7, 11) is 0. The number of alkyl halides is 3. The molecule has 0 fully saturated rings. The van der Waals surface area contributed by atoms with E-state index in [1.165, 1.54) is 18.0 Å². The molecule has 0 saturated carbocycles. The van der Waals surface area contributed by atoms with Crippen LogP contribution in [0.15, 0.2) is 71.9 Å². The van der Waals surface area contributed by atoms with Crippen molar-refractivity contribution in [3.8, 4) is 0 Å². The predicted molar refractivity (Wildman–Crippen MR) is 116 cm³/mol. The van der Waals surface area contributed by atoms with Crippen LogP contribution in [0.3, 0.4) is 0 Å². The van der Waals surface area contributed by atoms with Crippen molar-refractivity contribution in [1.29, 1.82) is 0 Å². The van der Waals surface area contributed by atoms with Gasteiger partial charge in [-0.05, 0) is 71.3 Å². The zero-order chi connectivity index (χ0) is 21.4. The van der Waals surface area contributed by atoms with Crippen molar-refractivity contribution in [2.45, 2.75) is 42.8 Å². The number of aromatic nitrogens is 1. The fourth-order valence-corrected chi connectivity index (χ4v) is 4.54. The van der Waals surface area contributed by atoms with E-state index in [4.69, 9.17) is 0 Å². The molecule has 3 nitrogen and oxygen atoms in total. The van der Waals surface area contributed by atoms with Crippen LogP contribution < -0.4 is 10.0 Å². The van der Waals surface area contributed by atoms with Crippen molar-refractivity contribution in [1.82, 2.24) is 4.98 Å². The number of rotatable bonds is 4. The second-order valence-electron chi connectivity index (χ2n) is 8.02. The highest BCUT2D eigenvalue weighted by Crippen LogP contribution is 2.47. The average Bonchev–Trinajstić information content (AvgIpc) is 2.72. The Bertz CT molecular complexity index is 1040. The van der Waals surface area contributed by atoms with Gasteiger partial charge in [-0.15, -0.1) is 0 Å². The number of halogens is 3. The molecule has 1 unspecified atom stereocenters. The van der Waals surface area contributed by atoms with Crippen LogP contribution in [-0.2, 0) is 11.6 Å². The Morgan fingerprint density at radius 2 is 1.90 bits per heavy atom. The number of nitrogens with zero attached hydrogens (tertiary/aromatic N) is 1. The summed E-state index contributed by atoms with van der Waals surface area (Å²) in [6.45, 7) is 4.00. The van der Waals surface area contributed by atoms with Gasteiger partial charge in [-0.3, -0.25) is 4.98 Å². The minimum Gasteiger partial charge on any atom is -0.378 e. The van der Waals surface area contributed by atoms with Gasteiger partial charge in [0, 0.05) is 28.7 Å². The van der Waals surface area contributed by atoms with Crippen LogP contribution in [0.5, 0.6) is 0 Å². The fourth-order valence-electron chi connectivity index (χ4n) is 3.87. The standard InChI is InChI=1S/C23H22F3N3S/c1-22(2)13-21(28-20-10-9-15(12-18(20)22)23(24,25)26)17-7-3-4-8-19(17)29-30-16-6-5-11-27-14-16/h3-12,14,21,28-29H,13H2,1-2H3. The number of hydrogen-bond donors (Lipinski definition) is 2. The summed E-state index contributed by atoms with van der Waals surface area (Å²) in [4.78, 5) is 5.12. The third-order valence-corrected chi connectivity index (χ3v) is 6.17. The first kappa shape index (κ1) is 20.6. The number of nitrogens with one attached hydrogen (secondary N) is 2. The molecule has 4 rings (SSSR count). The van der Waals surface area contributed by atoms with Crippen LogP contribution in [0.1, 0.15) is 43.0 Å². The number of anilines is 2. The first-order valence-electron chi connectivity index (χ1n) is 9.64. The van der Waals surface area contributed by atoms with E-state index in [1.807, 2.05) is 44.2 Å². The van der Waals surface area contributed by atoms with Crippen LogP contribution in [0.4, 0.5) is 24.5 Å². The van der Waals surface area contributed by atoms with Gasteiger partial charge in [-0.2, -0.15) is 13.2 Å². The molecule has 0 saturated heterocycles. The molecule has 1 aromatic heterocycles. The van der Waals surface area contributed by atoms with Crippen molar-refractivity contribution >= 4 is 23.3 Å². The molecule has 0 aliphatic carbocycles. The molecule has 1 aliphatic heterocycles. The minimum atomic E-state index is -4.35. The van der Waals surface area contributed by atoms with Crippen LogP contribution in [0, 0.1) is 0 Å². The number of para-hydroxylation sites is 1. The topological polar surface area (TPSA) is 37.0 Å². The van der Waals surface area contributed by atoms with Gasteiger partial charge in [0.05, 0.1) is 11.6 Å². The maximum atomic E-state index is 13.2. The lowest BCUT2D eigenvalue weighted by Gasteiger charge is -2.39. The molecule has 7 heteroatoms. The van der Waals surface area contributed by atoms with Gasteiger partial charge in [0.1, 0.15) is 0 Å². The number of pyridine rings is 1. The van der Waals surface area contributed by atoms with Crippen LogP contribution in [0.25, 0.3) is 0 Å². The molecular weight excluding hydrogens is 407 g/mol. The lowest BCUT2D eigenvalue weighted by molar-refractivity contribution is -0.137. The normalized spacial score (nSPS) is 17.7. The molecule has 2 N–H and O–H groups in total. The third kappa shape index (κ3) is 4.26. The first-order valence-corrected chi connectivity index (χ1v) is 10.5. The van der Waals surface area contributed by atoms with E-state index in [0.29, 0.717) is 12.0 Å². The van der Waals surface area contributed by atoms with Gasteiger partial charge in [0.25, 0.3) is 0 Å². The van der Waals surface area contributed by atoms with Gasteiger partial charge in [0.15, 0.2) is 0 Å². The minimum absolute atomic E-state index is 0.0255. The zero-order valence-electron chi connectivity index (χ0n) is 16.6. The van der Waals surface area contributed by atoms with Crippen molar-refractivity contribution < 1.29 is 13.2 Å². The second-order valence-corrected chi connectivity index (χ2v) is 8.90. The highest BCUT2D eigenvalue weighted by atomic mass is 32.2. The van der Waals surface area contributed by atoms with E-state index in [2.05, 4.69) is 21.1 Å². The van der Waals surface area contributed by atoms with Crippen molar-refractivity contribution in [3.05, 3.63) is 83.7 Å². The van der Waals surface area contributed by atoms with Crippen molar-refractivity contribution in [2.24, 2.45) is 0 Å². The lowest BCUT2D eigenvalue weighted by Crippen LogP contribution is -2.32. The van der Waals surface area contributed by atoms with Gasteiger partial charge in [-0.1, -0.05) is 32.0 Å². The second kappa shape index (κ2) is 7.87. The molecule has 0 spiro atoms. The Hall–Kier alpha value is -2.67. The van der Waals surface area contributed by atoms with Gasteiger partial charge in [-0.25, -0.2) is 0 Å². The maximum Gasteiger partial charge on any atom is 0.416 e. The van der Waals surface area contributed by atoms with Gasteiger partial charge >= 0.3 is 6.18 Å². The molecule has 30 heavy (non-hydrogen) atoms. The molecule has 2 heterocycles. The largest absolute Gasteiger partial charge is 0.416 e.